The summed E-state index contributed by atoms with van der Waals surface area (Å²) in [6.07, 6.45) is 8.67. The Labute approximate surface area is 235 Å². The van der Waals surface area contributed by atoms with Crippen molar-refractivity contribution < 1.29 is 18.4 Å². The minimum atomic E-state index is -2.86. The zero-order valence-electron chi connectivity index (χ0n) is 23.0. The number of rotatable bonds is 7. The third kappa shape index (κ3) is 5.30. The molecule has 1 aliphatic heterocycles. The van der Waals surface area contributed by atoms with Crippen LogP contribution < -0.4 is 5.32 Å². The van der Waals surface area contributed by atoms with Crippen LogP contribution in [0.3, 0.4) is 0 Å². The van der Waals surface area contributed by atoms with Crippen molar-refractivity contribution in [3.63, 3.8) is 0 Å². The Kier molecular flexibility index (Phi) is 7.00. The van der Waals surface area contributed by atoms with E-state index < -0.39 is 24.9 Å². The maximum absolute atomic E-state index is 13.4. The van der Waals surface area contributed by atoms with E-state index in [9.17, 15) is 18.4 Å². The number of aromatic nitrogens is 6. The van der Waals surface area contributed by atoms with Gasteiger partial charge in [-0.1, -0.05) is 19.8 Å². The number of carbonyl (C=O) groups excluding carboxylic acids is 2. The van der Waals surface area contributed by atoms with Gasteiger partial charge in [-0.25, -0.2) is 18.7 Å². The van der Waals surface area contributed by atoms with Crippen molar-refractivity contribution in [2.75, 3.05) is 13.1 Å². The van der Waals surface area contributed by atoms with Gasteiger partial charge in [0.1, 0.15) is 11.5 Å². The van der Waals surface area contributed by atoms with Gasteiger partial charge >= 0.3 is 0 Å². The van der Waals surface area contributed by atoms with E-state index in [1.54, 1.807) is 23.0 Å². The van der Waals surface area contributed by atoms with Gasteiger partial charge in [-0.05, 0) is 55.9 Å². The van der Waals surface area contributed by atoms with Gasteiger partial charge in [0.25, 0.3) is 17.7 Å². The van der Waals surface area contributed by atoms with Gasteiger partial charge in [-0.3, -0.25) is 19.3 Å². The number of pyridine rings is 2. The number of carbonyl (C=O) groups is 2. The summed E-state index contributed by atoms with van der Waals surface area (Å²) in [5, 5.41) is 7.45. The monoisotopic (exact) mass is 562 g/mol. The van der Waals surface area contributed by atoms with Gasteiger partial charge in [0.2, 0.25) is 0 Å². The van der Waals surface area contributed by atoms with Crippen LogP contribution in [0.25, 0.3) is 22.4 Å². The van der Waals surface area contributed by atoms with E-state index in [-0.39, 0.29) is 23.4 Å². The minimum Gasteiger partial charge on any atom is -0.340 e. The molecule has 1 aliphatic carbocycles. The molecule has 2 fully saturated rings. The molecular formula is C29H32F2N8O2. The molecule has 5 heterocycles. The number of amides is 2. The number of imidazole rings is 1. The average molecular weight is 563 g/mol. The fourth-order valence-corrected chi connectivity index (χ4v) is 5.84. The summed E-state index contributed by atoms with van der Waals surface area (Å²) < 4.78 is 28.5. The number of hydrogen-bond donors (Lipinski definition) is 2. The molecule has 0 radical (unpaired) electrons. The number of fused-ring (bicyclic) bond motifs is 1. The topological polar surface area (TPSA) is 122 Å². The fourth-order valence-electron chi connectivity index (χ4n) is 5.84. The second-order valence-corrected chi connectivity index (χ2v) is 11.1. The molecule has 41 heavy (non-hydrogen) atoms. The van der Waals surface area contributed by atoms with Crippen LogP contribution in [0.5, 0.6) is 0 Å². The Hall–Kier alpha value is -4.22. The number of aryl methyl sites for hydroxylation is 1. The highest BCUT2D eigenvalue weighted by molar-refractivity contribution is 6.01. The standard InChI is InChI=1S/C29H32F2N8O2/c1-3-39-23(11-13-33-39)27(40)36-24(18-6-4-17(2)5-7-18)26-35-22-9-8-21(34-25(22)37-26)20-14-32-12-10-19(20)28(41)38-15-29(30,31)16-38/h8-14,17-18,24H,3-7,15-16H2,1-2H3,(H,36,40)(H,34,35,37)/t17-,18-,24-/m0/s1. The van der Waals surface area contributed by atoms with Gasteiger partial charge in [0.05, 0.1) is 35.9 Å². The third-order valence-electron chi connectivity index (χ3n) is 8.19. The molecular weight excluding hydrogens is 530 g/mol. The first-order chi connectivity index (χ1) is 19.7. The summed E-state index contributed by atoms with van der Waals surface area (Å²) in [6.45, 7) is 3.56. The van der Waals surface area contributed by atoms with Gasteiger partial charge in [0, 0.05) is 30.7 Å². The highest BCUT2D eigenvalue weighted by atomic mass is 19.3. The zero-order valence-corrected chi connectivity index (χ0v) is 23.0. The van der Waals surface area contributed by atoms with Crippen LogP contribution in [0.15, 0.2) is 42.9 Å². The Morgan fingerprint density at radius 3 is 2.61 bits per heavy atom. The van der Waals surface area contributed by atoms with Crippen LogP contribution in [-0.4, -0.2) is 65.4 Å². The SMILES string of the molecule is CCn1nccc1C(=O)N[C@H](c1nc2nc(-c3cnccc3C(=O)N3CC(F)(F)C3)ccc2[nH]1)[C@H]1CC[C@H](C)CC1. The molecule has 1 saturated carbocycles. The Morgan fingerprint density at radius 2 is 1.88 bits per heavy atom. The van der Waals surface area contributed by atoms with Crippen molar-refractivity contribution in [2.24, 2.45) is 11.8 Å². The minimum absolute atomic E-state index is 0.199. The van der Waals surface area contributed by atoms with Crippen molar-refractivity contribution in [3.05, 3.63) is 59.9 Å². The van der Waals surface area contributed by atoms with E-state index in [4.69, 9.17) is 9.97 Å². The smallest absolute Gasteiger partial charge is 0.282 e. The van der Waals surface area contributed by atoms with Crippen LogP contribution in [0, 0.1) is 11.8 Å². The molecule has 0 bridgehead atoms. The lowest BCUT2D eigenvalue weighted by Gasteiger charge is -2.38. The van der Waals surface area contributed by atoms with Gasteiger partial charge in [0.15, 0.2) is 5.65 Å². The molecule has 2 amide bonds. The molecule has 0 spiro atoms. The summed E-state index contributed by atoms with van der Waals surface area (Å²) in [5.41, 5.74) is 2.76. The third-order valence-corrected chi connectivity index (χ3v) is 8.19. The number of hydrogen-bond acceptors (Lipinski definition) is 6. The maximum atomic E-state index is 13.4. The highest BCUT2D eigenvalue weighted by Gasteiger charge is 2.46. The highest BCUT2D eigenvalue weighted by Crippen LogP contribution is 2.37. The number of aromatic amines is 1. The molecule has 214 valence electrons. The quantitative estimate of drug-likeness (QED) is 0.339. The first kappa shape index (κ1) is 27.0. The molecule has 4 aromatic rings. The lowest BCUT2D eigenvalue weighted by molar-refractivity contribution is -0.113. The maximum Gasteiger partial charge on any atom is 0.282 e. The van der Waals surface area contributed by atoms with Crippen LogP contribution in [0.1, 0.15) is 72.2 Å². The van der Waals surface area contributed by atoms with E-state index in [0.717, 1.165) is 30.6 Å². The molecule has 6 rings (SSSR count). The number of nitrogens with one attached hydrogen (secondary N) is 2. The van der Waals surface area contributed by atoms with Crippen molar-refractivity contribution in [2.45, 2.75) is 58.0 Å². The lowest BCUT2D eigenvalue weighted by atomic mass is 9.79. The fraction of sp³-hybridized carbons (Fsp3) is 0.448. The zero-order chi connectivity index (χ0) is 28.7. The molecule has 2 N–H and O–H groups in total. The van der Waals surface area contributed by atoms with E-state index in [2.05, 4.69) is 27.3 Å². The second-order valence-electron chi connectivity index (χ2n) is 11.1. The Balaban J connectivity index is 1.31. The first-order valence-electron chi connectivity index (χ1n) is 14.0. The number of alkyl halides is 2. The molecule has 12 heteroatoms. The Bertz CT molecular complexity index is 1580. The largest absolute Gasteiger partial charge is 0.340 e. The number of halogens is 2. The van der Waals surface area contributed by atoms with Crippen molar-refractivity contribution in [1.29, 1.82) is 0 Å². The second kappa shape index (κ2) is 10.6. The van der Waals surface area contributed by atoms with E-state index in [1.165, 1.54) is 18.5 Å². The van der Waals surface area contributed by atoms with Crippen molar-refractivity contribution in [1.82, 2.24) is 39.9 Å². The van der Waals surface area contributed by atoms with Gasteiger partial charge in [-0.15, -0.1) is 0 Å². The number of likely N-dealkylation sites (tertiary alicyclic amines) is 1. The normalized spacial score (nSPS) is 20.9. The van der Waals surface area contributed by atoms with Crippen molar-refractivity contribution in [3.8, 4) is 11.3 Å². The van der Waals surface area contributed by atoms with Crippen molar-refractivity contribution >= 4 is 23.0 Å². The summed E-state index contributed by atoms with van der Waals surface area (Å²) >= 11 is 0. The van der Waals surface area contributed by atoms with Crippen LogP contribution in [0.2, 0.25) is 0 Å². The molecule has 0 unspecified atom stereocenters. The first-order valence-corrected chi connectivity index (χ1v) is 14.0. The van der Waals surface area contributed by atoms with E-state index in [1.807, 2.05) is 13.0 Å². The molecule has 1 saturated heterocycles. The Morgan fingerprint density at radius 1 is 1.10 bits per heavy atom. The van der Waals surface area contributed by atoms with Gasteiger partial charge < -0.3 is 15.2 Å². The van der Waals surface area contributed by atoms with Crippen LogP contribution in [0.4, 0.5) is 8.78 Å². The summed E-state index contributed by atoms with van der Waals surface area (Å²) in [5.74, 6) is -2.10. The van der Waals surface area contributed by atoms with E-state index >= 15 is 0 Å². The predicted molar refractivity (Wildman–Crippen MR) is 147 cm³/mol. The molecule has 0 aromatic carbocycles. The molecule has 4 aromatic heterocycles. The lowest BCUT2D eigenvalue weighted by Crippen LogP contribution is -2.58. The summed E-state index contributed by atoms with van der Waals surface area (Å²) in [7, 11) is 0. The number of nitrogens with zero attached hydrogens (tertiary/aromatic N) is 6. The van der Waals surface area contributed by atoms with E-state index in [0.29, 0.717) is 46.4 Å². The summed E-state index contributed by atoms with van der Waals surface area (Å²) in [6, 6.07) is 6.45. The summed E-state index contributed by atoms with van der Waals surface area (Å²) in [4.78, 5) is 44.5. The predicted octanol–water partition coefficient (Wildman–Crippen LogP) is 4.62. The molecule has 2 aliphatic rings. The van der Waals surface area contributed by atoms with Crippen LogP contribution in [-0.2, 0) is 6.54 Å². The number of H-pyrrole nitrogens is 1. The molecule has 1 atom stereocenters. The average Bonchev–Trinajstić information content (AvgIpc) is 3.61. The molecule has 10 nitrogen and oxygen atoms in total. The van der Waals surface area contributed by atoms with Crippen LogP contribution >= 0.6 is 0 Å². The van der Waals surface area contributed by atoms with Gasteiger partial charge in [-0.2, -0.15) is 5.10 Å².